The van der Waals surface area contributed by atoms with Gasteiger partial charge >= 0.3 is 0 Å². The maximum absolute atomic E-state index is 10.7. The largest absolute Gasteiger partial charge is 0.386 e. The van der Waals surface area contributed by atoms with E-state index in [1.165, 1.54) is 18.5 Å². The quantitative estimate of drug-likeness (QED) is 0.583. The number of anilines is 2. The number of nitrogens with zero attached hydrogens (tertiary/aromatic N) is 2. The summed E-state index contributed by atoms with van der Waals surface area (Å²) in [4.78, 5) is 4.70. The van der Waals surface area contributed by atoms with Gasteiger partial charge in [0.1, 0.15) is 6.10 Å². The third-order valence-electron chi connectivity index (χ3n) is 5.39. The van der Waals surface area contributed by atoms with E-state index in [1.54, 1.807) is 0 Å². The summed E-state index contributed by atoms with van der Waals surface area (Å²) < 4.78 is 0. The van der Waals surface area contributed by atoms with Crippen LogP contribution in [0.2, 0.25) is 0 Å². The smallest absolute Gasteiger partial charge is 0.101 e. The van der Waals surface area contributed by atoms with Gasteiger partial charge in [0.15, 0.2) is 0 Å². The topological polar surface area (TPSA) is 38.7 Å². The number of aliphatic hydroxyl groups is 1. The average molecular weight is 372 g/mol. The van der Waals surface area contributed by atoms with E-state index in [0.717, 1.165) is 50.4 Å². The first-order chi connectivity index (χ1) is 13.0. The summed E-state index contributed by atoms with van der Waals surface area (Å²) in [5.74, 6) is -0.0491. The zero-order valence-corrected chi connectivity index (χ0v) is 17.4. The molecule has 0 saturated carbocycles. The van der Waals surface area contributed by atoms with Crippen LogP contribution in [0, 0.1) is 5.92 Å². The van der Waals surface area contributed by atoms with Gasteiger partial charge in [0.05, 0.1) is 0 Å². The molecule has 1 aromatic carbocycles. The summed E-state index contributed by atoms with van der Waals surface area (Å²) >= 11 is 0. The van der Waals surface area contributed by atoms with E-state index in [4.69, 9.17) is 0 Å². The fourth-order valence-electron chi connectivity index (χ4n) is 3.70. The van der Waals surface area contributed by atoms with E-state index in [2.05, 4.69) is 66.4 Å². The van der Waals surface area contributed by atoms with E-state index in [9.17, 15) is 5.11 Å². The lowest BCUT2D eigenvalue weighted by molar-refractivity contribution is 0.152. The second-order valence-electron chi connectivity index (χ2n) is 7.60. The van der Waals surface area contributed by atoms with Crippen LogP contribution in [0.5, 0.6) is 0 Å². The molecule has 27 heavy (non-hydrogen) atoms. The maximum Gasteiger partial charge on any atom is 0.101 e. The molecule has 0 amide bonds. The van der Waals surface area contributed by atoms with Crippen molar-refractivity contribution >= 4 is 11.4 Å². The molecule has 2 unspecified atom stereocenters. The highest BCUT2D eigenvalue weighted by Crippen LogP contribution is 2.26. The molecule has 1 aliphatic heterocycles. The minimum absolute atomic E-state index is 0.0491. The lowest BCUT2D eigenvalue weighted by Gasteiger charge is -2.30. The van der Waals surface area contributed by atoms with Crippen LogP contribution in [-0.4, -0.2) is 42.3 Å². The molecule has 0 aromatic heterocycles. The van der Waals surface area contributed by atoms with Crippen molar-refractivity contribution in [3.8, 4) is 0 Å². The Labute approximate surface area is 165 Å². The molecule has 2 N–H and O–H groups in total. The second kappa shape index (κ2) is 10.4. The molecule has 4 heteroatoms. The molecule has 2 atom stereocenters. The summed E-state index contributed by atoms with van der Waals surface area (Å²) in [6.07, 6.45) is 4.04. The van der Waals surface area contributed by atoms with Crippen LogP contribution in [0.15, 0.2) is 48.8 Å². The van der Waals surface area contributed by atoms with Crippen molar-refractivity contribution in [3.63, 3.8) is 0 Å². The third kappa shape index (κ3) is 5.77. The molecule has 150 valence electrons. The summed E-state index contributed by atoms with van der Waals surface area (Å²) in [6, 6.07) is 8.40. The highest BCUT2D eigenvalue weighted by Gasteiger charge is 2.25. The monoisotopic (exact) mass is 371 g/mol. The zero-order valence-electron chi connectivity index (χ0n) is 17.4. The molecular weight excluding hydrogens is 334 g/mol. The molecule has 1 fully saturated rings. The van der Waals surface area contributed by atoms with E-state index < -0.39 is 6.10 Å². The minimum Gasteiger partial charge on any atom is -0.386 e. The predicted octanol–water partition coefficient (Wildman–Crippen LogP) is 4.85. The van der Waals surface area contributed by atoms with Crippen molar-refractivity contribution in [2.24, 2.45) is 5.92 Å². The number of hydrogen-bond acceptors (Lipinski definition) is 4. The molecule has 4 nitrogen and oxygen atoms in total. The van der Waals surface area contributed by atoms with E-state index >= 15 is 0 Å². The minimum atomic E-state index is -0.658. The number of likely N-dealkylation sites (tertiary alicyclic amines) is 1. The van der Waals surface area contributed by atoms with E-state index in [0.29, 0.717) is 5.70 Å². The van der Waals surface area contributed by atoms with Crippen molar-refractivity contribution in [2.45, 2.75) is 52.6 Å². The SMILES string of the molecule is C=C(Nc1ccc(N(CCC)CCC)cc1)C(O)C(C)C(=C)N1CCCC1. The summed E-state index contributed by atoms with van der Waals surface area (Å²) in [5, 5.41) is 14.0. The van der Waals surface area contributed by atoms with Gasteiger partial charge in [-0.05, 0) is 49.9 Å². The van der Waals surface area contributed by atoms with Crippen molar-refractivity contribution in [2.75, 3.05) is 36.4 Å². The zero-order chi connectivity index (χ0) is 19.8. The second-order valence-corrected chi connectivity index (χ2v) is 7.60. The van der Waals surface area contributed by atoms with Gasteiger partial charge in [-0.2, -0.15) is 0 Å². The van der Waals surface area contributed by atoms with Gasteiger partial charge in [-0.1, -0.05) is 33.9 Å². The van der Waals surface area contributed by atoms with Crippen molar-refractivity contribution < 1.29 is 5.11 Å². The van der Waals surface area contributed by atoms with Gasteiger partial charge in [0.25, 0.3) is 0 Å². The first kappa shape index (κ1) is 21.4. The Hall–Kier alpha value is -1.94. The number of rotatable bonds is 11. The normalized spacial score (nSPS) is 16.1. The van der Waals surface area contributed by atoms with Crippen LogP contribution in [0.25, 0.3) is 0 Å². The molecule has 1 aromatic rings. The van der Waals surface area contributed by atoms with Gasteiger partial charge in [0, 0.05) is 54.9 Å². The lowest BCUT2D eigenvalue weighted by atomic mass is 9.98. The highest BCUT2D eigenvalue weighted by atomic mass is 16.3. The molecule has 0 bridgehead atoms. The molecule has 1 heterocycles. The third-order valence-corrected chi connectivity index (χ3v) is 5.39. The fraction of sp³-hybridized carbons (Fsp3) is 0.565. The van der Waals surface area contributed by atoms with Crippen molar-refractivity contribution in [1.82, 2.24) is 4.90 Å². The van der Waals surface area contributed by atoms with Crippen LogP contribution in [0.1, 0.15) is 46.5 Å². The first-order valence-corrected chi connectivity index (χ1v) is 10.4. The Balaban J connectivity index is 1.94. The van der Waals surface area contributed by atoms with Crippen molar-refractivity contribution in [3.05, 3.63) is 48.8 Å². The molecule has 0 spiro atoms. The summed E-state index contributed by atoms with van der Waals surface area (Å²) in [7, 11) is 0. The summed E-state index contributed by atoms with van der Waals surface area (Å²) in [5.41, 5.74) is 3.82. The van der Waals surface area contributed by atoms with Gasteiger partial charge in [-0.3, -0.25) is 0 Å². The molecule has 1 aliphatic rings. The van der Waals surface area contributed by atoms with E-state index in [-0.39, 0.29) is 5.92 Å². The van der Waals surface area contributed by atoms with Gasteiger partial charge < -0.3 is 20.2 Å². The van der Waals surface area contributed by atoms with Crippen LogP contribution < -0.4 is 10.2 Å². The molecule has 1 saturated heterocycles. The number of nitrogens with one attached hydrogen (secondary N) is 1. The average Bonchev–Trinajstić information content (AvgIpc) is 3.21. The number of hydrogen-bond donors (Lipinski definition) is 2. The predicted molar refractivity (Wildman–Crippen MR) is 117 cm³/mol. The first-order valence-electron chi connectivity index (χ1n) is 10.4. The molecular formula is C23H37N3O. The van der Waals surface area contributed by atoms with Crippen LogP contribution in [-0.2, 0) is 0 Å². The Bertz CT molecular complexity index is 599. The van der Waals surface area contributed by atoms with E-state index in [1.807, 2.05) is 6.92 Å². The van der Waals surface area contributed by atoms with Crippen molar-refractivity contribution in [1.29, 1.82) is 0 Å². The van der Waals surface area contributed by atoms with Crippen LogP contribution >= 0.6 is 0 Å². The van der Waals surface area contributed by atoms with Crippen LogP contribution in [0.4, 0.5) is 11.4 Å². The Kier molecular flexibility index (Phi) is 8.23. The Morgan fingerprint density at radius 1 is 1.11 bits per heavy atom. The van der Waals surface area contributed by atoms with Crippen LogP contribution in [0.3, 0.4) is 0 Å². The number of benzene rings is 1. The fourth-order valence-corrected chi connectivity index (χ4v) is 3.70. The standard InChI is InChI=1S/C23H37N3O/c1-6-14-26(15-7-2)22-12-10-21(11-13-22)24-19(4)23(27)18(3)20(5)25-16-8-9-17-25/h10-13,18,23-24,27H,4-9,14-17H2,1-3H3. The van der Waals surface area contributed by atoms with Gasteiger partial charge in [0.2, 0.25) is 0 Å². The Morgan fingerprint density at radius 2 is 1.67 bits per heavy atom. The molecule has 0 radical (unpaired) electrons. The lowest BCUT2D eigenvalue weighted by Crippen LogP contribution is -2.31. The highest BCUT2D eigenvalue weighted by molar-refractivity contribution is 5.57. The molecule has 0 aliphatic carbocycles. The summed E-state index contributed by atoms with van der Waals surface area (Å²) in [6.45, 7) is 18.9. The number of aliphatic hydroxyl groups excluding tert-OH is 1. The maximum atomic E-state index is 10.7. The Morgan fingerprint density at radius 3 is 2.19 bits per heavy atom. The van der Waals surface area contributed by atoms with Gasteiger partial charge in [-0.25, -0.2) is 0 Å². The van der Waals surface area contributed by atoms with Gasteiger partial charge in [-0.15, -0.1) is 0 Å². The molecule has 2 rings (SSSR count).